The summed E-state index contributed by atoms with van der Waals surface area (Å²) in [4.78, 5) is 13.7. The number of hydrogen-bond acceptors (Lipinski definition) is 4. The molecule has 1 aromatic rings. The predicted octanol–water partition coefficient (Wildman–Crippen LogP) is 2.73. The summed E-state index contributed by atoms with van der Waals surface area (Å²) in [6.07, 6.45) is -0.361. The molecule has 0 aromatic heterocycles. The number of ether oxygens (including phenoxy) is 1. The molecule has 1 aromatic carbocycles. The fourth-order valence-electron chi connectivity index (χ4n) is 1.91. The topological polar surface area (TPSA) is 65.4 Å². The molecule has 0 fully saturated rings. The Morgan fingerprint density at radius 2 is 2.21 bits per heavy atom. The van der Waals surface area contributed by atoms with Gasteiger partial charge in [-0.1, -0.05) is 0 Å². The van der Waals surface area contributed by atoms with Gasteiger partial charge in [0.25, 0.3) is 0 Å². The van der Waals surface area contributed by atoms with Crippen LogP contribution < -0.4 is 10.2 Å². The zero-order valence-electron chi connectivity index (χ0n) is 11.4. The number of carbonyl (C=O) groups excluding carboxylic acids is 1. The van der Waals surface area contributed by atoms with Gasteiger partial charge in [0.15, 0.2) is 0 Å². The molecule has 0 atom stereocenters. The van der Waals surface area contributed by atoms with Gasteiger partial charge in [-0.3, -0.25) is 4.90 Å². The molecule has 0 bridgehead atoms. The van der Waals surface area contributed by atoms with E-state index in [9.17, 15) is 4.79 Å². The lowest BCUT2D eigenvalue weighted by Crippen LogP contribution is -2.42. The van der Waals surface area contributed by atoms with Gasteiger partial charge in [0.1, 0.15) is 5.60 Å². The highest BCUT2D eigenvalue weighted by atomic mass is 16.6. The molecule has 1 amide bonds. The molecule has 1 heterocycles. The minimum absolute atomic E-state index is 0.361. The first-order valence-electron chi connectivity index (χ1n) is 6.19. The molecule has 5 heteroatoms. The molecule has 5 nitrogen and oxygen atoms in total. The van der Waals surface area contributed by atoms with Crippen molar-refractivity contribution in [2.75, 3.05) is 23.3 Å². The molecule has 0 radical (unpaired) electrons. The fourth-order valence-corrected chi connectivity index (χ4v) is 1.91. The molecule has 1 aliphatic rings. The number of nitrogens with one attached hydrogen (secondary N) is 1. The Morgan fingerprint density at radius 3 is 2.84 bits per heavy atom. The van der Waals surface area contributed by atoms with Crippen LogP contribution in [0.3, 0.4) is 0 Å². The Kier molecular flexibility index (Phi) is 3.34. The van der Waals surface area contributed by atoms with Gasteiger partial charge < -0.3 is 10.1 Å². The third-order valence-electron chi connectivity index (χ3n) is 2.68. The van der Waals surface area contributed by atoms with Crippen molar-refractivity contribution in [3.05, 3.63) is 23.8 Å². The van der Waals surface area contributed by atoms with Crippen molar-refractivity contribution in [1.29, 1.82) is 5.26 Å². The van der Waals surface area contributed by atoms with Crippen molar-refractivity contribution in [3.63, 3.8) is 0 Å². The summed E-state index contributed by atoms with van der Waals surface area (Å²) in [5.41, 5.74) is 1.59. The minimum atomic E-state index is -0.519. The zero-order chi connectivity index (χ0) is 14.0. The summed E-state index contributed by atoms with van der Waals surface area (Å²) in [5.74, 6) is 0. The standard InChI is InChI=1S/C14H17N3O2/c1-14(2,3)19-13(18)17-7-6-16-11-8-10(9-15)4-5-12(11)17/h4-5,8,16H,6-7H2,1-3H3. The molecule has 0 spiro atoms. The molecule has 1 aliphatic heterocycles. The Balaban J connectivity index is 2.28. The first-order valence-corrected chi connectivity index (χ1v) is 6.19. The second-order valence-corrected chi connectivity index (χ2v) is 5.40. The van der Waals surface area contributed by atoms with E-state index in [1.54, 1.807) is 23.1 Å². The van der Waals surface area contributed by atoms with Crippen molar-refractivity contribution in [2.45, 2.75) is 26.4 Å². The summed E-state index contributed by atoms with van der Waals surface area (Å²) in [5, 5.41) is 12.1. The van der Waals surface area contributed by atoms with Crippen molar-refractivity contribution in [1.82, 2.24) is 0 Å². The molecule has 19 heavy (non-hydrogen) atoms. The number of anilines is 2. The molecular formula is C14H17N3O2. The average molecular weight is 259 g/mol. The van der Waals surface area contributed by atoms with Crippen LogP contribution in [0.2, 0.25) is 0 Å². The van der Waals surface area contributed by atoms with E-state index < -0.39 is 5.60 Å². The number of rotatable bonds is 0. The van der Waals surface area contributed by atoms with Crippen LogP contribution in [0.1, 0.15) is 26.3 Å². The molecule has 0 unspecified atom stereocenters. The van der Waals surface area contributed by atoms with Gasteiger partial charge in [-0.2, -0.15) is 5.26 Å². The van der Waals surface area contributed by atoms with Gasteiger partial charge in [0.05, 0.1) is 23.0 Å². The highest BCUT2D eigenvalue weighted by Crippen LogP contribution is 2.30. The monoisotopic (exact) mass is 259 g/mol. The molecule has 100 valence electrons. The van der Waals surface area contributed by atoms with E-state index in [0.717, 1.165) is 11.4 Å². The summed E-state index contributed by atoms with van der Waals surface area (Å²) in [7, 11) is 0. The third kappa shape index (κ3) is 2.97. The van der Waals surface area contributed by atoms with Gasteiger partial charge >= 0.3 is 6.09 Å². The normalized spacial score (nSPS) is 14.1. The second-order valence-electron chi connectivity index (χ2n) is 5.40. The molecule has 1 N–H and O–H groups in total. The number of nitriles is 1. The van der Waals surface area contributed by atoms with Crippen LogP contribution in [-0.4, -0.2) is 24.8 Å². The van der Waals surface area contributed by atoms with E-state index in [0.29, 0.717) is 18.7 Å². The van der Waals surface area contributed by atoms with E-state index >= 15 is 0 Å². The van der Waals surface area contributed by atoms with Gasteiger partial charge in [-0.05, 0) is 39.0 Å². The summed E-state index contributed by atoms with van der Waals surface area (Å²) < 4.78 is 5.38. The Bertz CT molecular complexity index is 541. The van der Waals surface area contributed by atoms with Crippen LogP contribution in [0.15, 0.2) is 18.2 Å². The number of benzene rings is 1. The number of nitrogens with zero attached hydrogens (tertiary/aromatic N) is 2. The van der Waals surface area contributed by atoms with Crippen LogP contribution >= 0.6 is 0 Å². The smallest absolute Gasteiger partial charge is 0.414 e. The Morgan fingerprint density at radius 1 is 1.47 bits per heavy atom. The number of amides is 1. The first kappa shape index (κ1) is 13.2. The summed E-state index contributed by atoms with van der Waals surface area (Å²) in [6.45, 7) is 6.71. The Labute approximate surface area is 112 Å². The van der Waals surface area contributed by atoms with E-state index in [1.165, 1.54) is 0 Å². The maximum atomic E-state index is 12.1. The number of hydrogen-bond donors (Lipinski definition) is 1. The van der Waals surface area contributed by atoms with Gasteiger partial charge in [0.2, 0.25) is 0 Å². The molecule has 0 aliphatic carbocycles. The van der Waals surface area contributed by atoms with E-state index in [-0.39, 0.29) is 6.09 Å². The van der Waals surface area contributed by atoms with Crippen LogP contribution in [0.4, 0.5) is 16.2 Å². The van der Waals surface area contributed by atoms with E-state index in [4.69, 9.17) is 10.00 Å². The van der Waals surface area contributed by atoms with Crippen molar-refractivity contribution < 1.29 is 9.53 Å². The SMILES string of the molecule is CC(C)(C)OC(=O)N1CCNc2cc(C#N)ccc21. The van der Waals surface area contributed by atoms with E-state index in [1.807, 2.05) is 20.8 Å². The van der Waals surface area contributed by atoms with Crippen LogP contribution in [-0.2, 0) is 4.74 Å². The lowest BCUT2D eigenvalue weighted by atomic mass is 10.1. The molecule has 2 rings (SSSR count). The third-order valence-corrected chi connectivity index (χ3v) is 2.68. The second kappa shape index (κ2) is 4.81. The summed E-state index contributed by atoms with van der Waals surface area (Å²) >= 11 is 0. The lowest BCUT2D eigenvalue weighted by molar-refractivity contribution is 0.0581. The molecule has 0 saturated heterocycles. The van der Waals surface area contributed by atoms with Gasteiger partial charge in [-0.15, -0.1) is 0 Å². The molecular weight excluding hydrogens is 242 g/mol. The maximum Gasteiger partial charge on any atom is 0.414 e. The minimum Gasteiger partial charge on any atom is -0.443 e. The number of fused-ring (bicyclic) bond motifs is 1. The van der Waals surface area contributed by atoms with Crippen LogP contribution in [0, 0.1) is 11.3 Å². The van der Waals surface area contributed by atoms with Gasteiger partial charge in [-0.25, -0.2) is 4.79 Å². The van der Waals surface area contributed by atoms with Crippen LogP contribution in [0.25, 0.3) is 0 Å². The van der Waals surface area contributed by atoms with E-state index in [2.05, 4.69) is 11.4 Å². The highest BCUT2D eigenvalue weighted by Gasteiger charge is 2.27. The van der Waals surface area contributed by atoms with Crippen molar-refractivity contribution in [2.24, 2.45) is 0 Å². The number of carbonyl (C=O) groups is 1. The first-order chi connectivity index (χ1) is 8.90. The quantitative estimate of drug-likeness (QED) is 0.778. The van der Waals surface area contributed by atoms with Gasteiger partial charge in [0, 0.05) is 13.1 Å². The maximum absolute atomic E-state index is 12.1. The lowest BCUT2D eigenvalue weighted by Gasteiger charge is -2.32. The summed E-state index contributed by atoms with van der Waals surface area (Å²) in [6, 6.07) is 7.29. The van der Waals surface area contributed by atoms with Crippen molar-refractivity contribution >= 4 is 17.5 Å². The zero-order valence-corrected chi connectivity index (χ0v) is 11.4. The fraction of sp³-hybridized carbons (Fsp3) is 0.429. The highest BCUT2D eigenvalue weighted by molar-refractivity contribution is 5.93. The van der Waals surface area contributed by atoms with Crippen molar-refractivity contribution in [3.8, 4) is 6.07 Å². The Hall–Kier alpha value is -2.22. The molecule has 0 saturated carbocycles. The van der Waals surface area contributed by atoms with Crippen LogP contribution in [0.5, 0.6) is 0 Å². The predicted molar refractivity (Wildman–Crippen MR) is 73.2 cm³/mol. The average Bonchev–Trinajstić information content (AvgIpc) is 2.35. The largest absolute Gasteiger partial charge is 0.443 e.